The summed E-state index contributed by atoms with van der Waals surface area (Å²) in [7, 11) is 0. The first-order chi connectivity index (χ1) is 8.06. The van der Waals surface area contributed by atoms with Crippen LogP contribution in [0.3, 0.4) is 0 Å². The maximum atomic E-state index is 13.1. The molecule has 1 heterocycles. The Morgan fingerprint density at radius 2 is 2.00 bits per heavy atom. The number of benzene rings is 1. The minimum atomic E-state index is -0.782. The van der Waals surface area contributed by atoms with Crippen molar-refractivity contribution in [3.05, 3.63) is 35.4 Å². The largest absolute Gasteiger partial charge is 0.311 e. The van der Waals surface area contributed by atoms with Crippen LogP contribution >= 0.6 is 12.4 Å². The first-order valence-electron chi connectivity index (χ1n) is 5.97. The molecule has 1 aromatic rings. The fourth-order valence-electron chi connectivity index (χ4n) is 2.19. The van der Waals surface area contributed by atoms with Crippen molar-refractivity contribution >= 4 is 12.4 Å². The highest BCUT2D eigenvalue weighted by Gasteiger charge is 2.22. The molecule has 0 radical (unpaired) electrons. The van der Waals surface area contributed by atoms with Gasteiger partial charge in [-0.05, 0) is 31.5 Å². The van der Waals surface area contributed by atoms with Crippen LogP contribution in [0.4, 0.5) is 8.78 Å². The second-order valence-electron chi connectivity index (χ2n) is 4.84. The van der Waals surface area contributed by atoms with Crippen molar-refractivity contribution in [1.29, 1.82) is 0 Å². The summed E-state index contributed by atoms with van der Waals surface area (Å²) in [6, 6.07) is 4.99. The number of hydrogen-bond acceptors (Lipinski definition) is 2. The molecule has 0 amide bonds. The van der Waals surface area contributed by atoms with E-state index in [4.69, 9.17) is 0 Å². The summed E-state index contributed by atoms with van der Waals surface area (Å²) in [5.74, 6) is -1.55. The standard InChI is InChI=1S/C13H18F2N2.ClH/c1-9-7-17(10(2)6-16-9)8-11-3-4-12(14)13(15)5-11;/h3-5,9-10,16H,6-8H2,1-2H3;1H/t9-,10+;/m1./s1. The van der Waals surface area contributed by atoms with E-state index in [9.17, 15) is 8.78 Å². The average molecular weight is 277 g/mol. The number of piperazine rings is 1. The van der Waals surface area contributed by atoms with E-state index in [-0.39, 0.29) is 12.4 Å². The summed E-state index contributed by atoms with van der Waals surface area (Å²) < 4.78 is 25.9. The van der Waals surface area contributed by atoms with Crippen molar-refractivity contribution < 1.29 is 8.78 Å². The molecule has 0 aromatic heterocycles. The maximum absolute atomic E-state index is 13.1. The highest BCUT2D eigenvalue weighted by molar-refractivity contribution is 5.85. The minimum absolute atomic E-state index is 0. The summed E-state index contributed by atoms with van der Waals surface area (Å²) in [5.41, 5.74) is 0.824. The van der Waals surface area contributed by atoms with Crippen LogP contribution in [0.15, 0.2) is 18.2 Å². The van der Waals surface area contributed by atoms with E-state index >= 15 is 0 Å². The Morgan fingerprint density at radius 1 is 1.28 bits per heavy atom. The van der Waals surface area contributed by atoms with Crippen LogP contribution < -0.4 is 5.32 Å². The van der Waals surface area contributed by atoms with Gasteiger partial charge in [-0.25, -0.2) is 8.78 Å². The van der Waals surface area contributed by atoms with E-state index in [0.29, 0.717) is 18.6 Å². The molecule has 1 aromatic carbocycles. The molecular weight excluding hydrogens is 258 g/mol. The third kappa shape index (κ3) is 3.64. The van der Waals surface area contributed by atoms with Gasteiger partial charge in [-0.3, -0.25) is 4.90 Å². The van der Waals surface area contributed by atoms with Crippen molar-refractivity contribution in [2.45, 2.75) is 32.5 Å². The molecule has 2 rings (SSSR count). The molecule has 1 aliphatic rings. The van der Waals surface area contributed by atoms with E-state index < -0.39 is 11.6 Å². The number of nitrogens with one attached hydrogen (secondary N) is 1. The van der Waals surface area contributed by atoms with Crippen molar-refractivity contribution in [3.8, 4) is 0 Å². The van der Waals surface area contributed by atoms with Crippen LogP contribution in [0.25, 0.3) is 0 Å². The molecule has 0 bridgehead atoms. The zero-order valence-corrected chi connectivity index (χ0v) is 11.4. The van der Waals surface area contributed by atoms with Gasteiger partial charge in [-0.15, -0.1) is 12.4 Å². The predicted molar refractivity (Wildman–Crippen MR) is 70.9 cm³/mol. The smallest absolute Gasteiger partial charge is 0.159 e. The first-order valence-corrected chi connectivity index (χ1v) is 5.97. The van der Waals surface area contributed by atoms with E-state index in [0.717, 1.165) is 18.7 Å². The Morgan fingerprint density at radius 3 is 2.67 bits per heavy atom. The Bertz CT molecular complexity index is 401. The van der Waals surface area contributed by atoms with Crippen molar-refractivity contribution in [2.75, 3.05) is 13.1 Å². The third-order valence-corrected chi connectivity index (χ3v) is 3.26. The molecule has 5 heteroatoms. The second-order valence-corrected chi connectivity index (χ2v) is 4.84. The molecule has 0 saturated carbocycles. The van der Waals surface area contributed by atoms with Crippen molar-refractivity contribution in [2.24, 2.45) is 0 Å². The lowest BCUT2D eigenvalue weighted by Gasteiger charge is -2.37. The van der Waals surface area contributed by atoms with Crippen LogP contribution in [0.1, 0.15) is 19.4 Å². The average Bonchev–Trinajstić information content (AvgIpc) is 2.29. The topological polar surface area (TPSA) is 15.3 Å². The lowest BCUT2D eigenvalue weighted by molar-refractivity contribution is 0.138. The number of halogens is 3. The van der Waals surface area contributed by atoms with Crippen molar-refractivity contribution in [3.63, 3.8) is 0 Å². The number of rotatable bonds is 2. The Balaban J connectivity index is 0.00000162. The van der Waals surface area contributed by atoms with Gasteiger partial charge in [0.2, 0.25) is 0 Å². The molecular formula is C13H19ClF2N2. The van der Waals surface area contributed by atoms with E-state index in [2.05, 4.69) is 24.1 Å². The predicted octanol–water partition coefficient (Wildman–Crippen LogP) is 2.57. The number of nitrogens with zero attached hydrogens (tertiary/aromatic N) is 1. The molecule has 1 aliphatic heterocycles. The first kappa shape index (κ1) is 15.3. The molecule has 0 aliphatic carbocycles. The molecule has 1 fully saturated rings. The monoisotopic (exact) mass is 276 g/mol. The Labute approximate surface area is 113 Å². The van der Waals surface area contributed by atoms with E-state index in [1.807, 2.05) is 0 Å². The zero-order valence-electron chi connectivity index (χ0n) is 10.6. The Hall–Kier alpha value is -0.710. The summed E-state index contributed by atoms with van der Waals surface area (Å²) in [4.78, 5) is 2.29. The highest BCUT2D eigenvalue weighted by Crippen LogP contribution is 2.14. The SMILES string of the molecule is C[C@@H]1CN(Cc2ccc(F)c(F)c2)[C@@H](C)CN1.Cl. The maximum Gasteiger partial charge on any atom is 0.159 e. The van der Waals surface area contributed by atoms with Crippen LogP contribution in [0, 0.1) is 11.6 Å². The fourth-order valence-corrected chi connectivity index (χ4v) is 2.19. The van der Waals surface area contributed by atoms with Crippen molar-refractivity contribution in [1.82, 2.24) is 10.2 Å². The summed E-state index contributed by atoms with van der Waals surface area (Å²) in [6.07, 6.45) is 0. The van der Waals surface area contributed by atoms with Gasteiger partial charge >= 0.3 is 0 Å². The molecule has 2 atom stereocenters. The zero-order chi connectivity index (χ0) is 12.4. The van der Waals surface area contributed by atoms with Gasteiger partial charge in [0.05, 0.1) is 0 Å². The number of hydrogen-bond donors (Lipinski definition) is 1. The van der Waals surface area contributed by atoms with Crippen LogP contribution in [0.2, 0.25) is 0 Å². The van der Waals surface area contributed by atoms with Crippen LogP contribution in [-0.4, -0.2) is 30.1 Å². The third-order valence-electron chi connectivity index (χ3n) is 3.26. The summed E-state index contributed by atoms with van der Waals surface area (Å²) >= 11 is 0. The molecule has 18 heavy (non-hydrogen) atoms. The van der Waals surface area contributed by atoms with Gasteiger partial charge in [0, 0.05) is 31.7 Å². The summed E-state index contributed by atoms with van der Waals surface area (Å²) in [5, 5.41) is 3.39. The normalized spacial score (nSPS) is 24.7. The van der Waals surface area contributed by atoms with Gasteiger partial charge in [0.25, 0.3) is 0 Å². The molecule has 1 N–H and O–H groups in total. The quantitative estimate of drug-likeness (QED) is 0.893. The van der Waals surface area contributed by atoms with Gasteiger partial charge in [0.1, 0.15) is 0 Å². The minimum Gasteiger partial charge on any atom is -0.311 e. The van der Waals surface area contributed by atoms with Crippen LogP contribution in [0.5, 0.6) is 0 Å². The fraction of sp³-hybridized carbons (Fsp3) is 0.538. The van der Waals surface area contributed by atoms with Gasteiger partial charge in [0.15, 0.2) is 11.6 Å². The molecule has 102 valence electrons. The van der Waals surface area contributed by atoms with Gasteiger partial charge in [-0.2, -0.15) is 0 Å². The second kappa shape index (κ2) is 6.45. The van der Waals surface area contributed by atoms with Gasteiger partial charge < -0.3 is 5.32 Å². The lowest BCUT2D eigenvalue weighted by atomic mass is 10.1. The highest BCUT2D eigenvalue weighted by atomic mass is 35.5. The summed E-state index contributed by atoms with van der Waals surface area (Å²) in [6.45, 7) is 6.80. The molecule has 1 saturated heterocycles. The van der Waals surface area contributed by atoms with E-state index in [1.54, 1.807) is 6.07 Å². The molecule has 2 nitrogen and oxygen atoms in total. The Kier molecular flexibility index (Phi) is 5.50. The molecule has 0 unspecified atom stereocenters. The lowest BCUT2D eigenvalue weighted by Crippen LogP contribution is -2.53. The molecule has 0 spiro atoms. The van der Waals surface area contributed by atoms with E-state index in [1.165, 1.54) is 12.1 Å². The van der Waals surface area contributed by atoms with Gasteiger partial charge in [-0.1, -0.05) is 6.07 Å². The van der Waals surface area contributed by atoms with Crippen LogP contribution in [-0.2, 0) is 6.54 Å².